The van der Waals surface area contributed by atoms with E-state index in [2.05, 4.69) is 39.7 Å². The molecule has 0 amide bonds. The fourth-order valence-electron chi connectivity index (χ4n) is 1.63. The van der Waals surface area contributed by atoms with Crippen LogP contribution in [0, 0.1) is 13.8 Å². The van der Waals surface area contributed by atoms with Crippen molar-refractivity contribution in [3.05, 3.63) is 38.0 Å². The van der Waals surface area contributed by atoms with Crippen LogP contribution in [0.1, 0.15) is 19.6 Å². The molecule has 0 aliphatic carbocycles. The van der Waals surface area contributed by atoms with E-state index in [-0.39, 0.29) is 24.0 Å². The van der Waals surface area contributed by atoms with Gasteiger partial charge in [0.2, 0.25) is 0 Å². The van der Waals surface area contributed by atoms with E-state index in [1.165, 1.54) is 14.6 Å². The summed E-state index contributed by atoms with van der Waals surface area (Å²) in [5, 5.41) is 7.69. The number of thiazole rings is 1. The van der Waals surface area contributed by atoms with Crippen LogP contribution in [-0.4, -0.2) is 18.0 Å². The van der Waals surface area contributed by atoms with Gasteiger partial charge in [0.1, 0.15) is 0 Å². The highest BCUT2D eigenvalue weighted by atomic mass is 127. The molecule has 0 aromatic carbocycles. The zero-order valence-electron chi connectivity index (χ0n) is 11.8. The van der Waals surface area contributed by atoms with Crippen LogP contribution in [0.15, 0.2) is 23.3 Å². The second-order valence-electron chi connectivity index (χ2n) is 4.14. The second-order valence-corrected chi connectivity index (χ2v) is 6.83. The van der Waals surface area contributed by atoms with Crippen molar-refractivity contribution in [1.29, 1.82) is 0 Å². The fraction of sp³-hybridized carbons (Fsp3) is 0.385. The number of nitrogens with zero attached hydrogens (tertiary/aromatic N) is 2. The van der Waals surface area contributed by atoms with Crippen LogP contribution in [0.2, 0.25) is 0 Å². The lowest BCUT2D eigenvalue weighted by molar-refractivity contribution is 0.821. The lowest BCUT2D eigenvalue weighted by atomic mass is 10.4. The predicted octanol–water partition coefficient (Wildman–Crippen LogP) is 3.30. The largest absolute Gasteiger partial charge is 0.352 e. The smallest absolute Gasteiger partial charge is 0.191 e. The molecule has 4 nitrogen and oxygen atoms in total. The normalized spacial score (nSPS) is 11.1. The summed E-state index contributed by atoms with van der Waals surface area (Å²) in [6, 6.07) is 4.28. The minimum atomic E-state index is 0. The summed E-state index contributed by atoms with van der Waals surface area (Å²) < 4.78 is 0. The molecule has 0 aliphatic rings. The Hall–Kier alpha value is -0.670. The van der Waals surface area contributed by atoms with E-state index in [0.29, 0.717) is 0 Å². The van der Waals surface area contributed by atoms with Gasteiger partial charge in [0.15, 0.2) is 5.96 Å². The first kappa shape index (κ1) is 17.4. The maximum atomic E-state index is 4.24. The molecule has 0 radical (unpaired) electrons. The third-order valence-electron chi connectivity index (χ3n) is 2.55. The van der Waals surface area contributed by atoms with Gasteiger partial charge < -0.3 is 10.6 Å². The summed E-state index contributed by atoms with van der Waals surface area (Å²) in [6.45, 7) is 5.70. The van der Waals surface area contributed by atoms with Gasteiger partial charge in [0, 0.05) is 27.9 Å². The Kier molecular flexibility index (Phi) is 7.46. The second kappa shape index (κ2) is 8.58. The topological polar surface area (TPSA) is 49.3 Å². The maximum Gasteiger partial charge on any atom is 0.191 e. The van der Waals surface area contributed by atoms with Gasteiger partial charge in [-0.3, -0.25) is 4.99 Å². The molecular formula is C13H19IN4S2. The minimum absolute atomic E-state index is 0. The first-order valence-electron chi connectivity index (χ1n) is 6.08. The van der Waals surface area contributed by atoms with Crippen molar-refractivity contribution in [2.45, 2.75) is 26.9 Å². The maximum absolute atomic E-state index is 4.24. The predicted molar refractivity (Wildman–Crippen MR) is 98.4 cm³/mol. The van der Waals surface area contributed by atoms with Crippen molar-refractivity contribution >= 4 is 52.6 Å². The number of aliphatic imine (C=N–C) groups is 1. The van der Waals surface area contributed by atoms with E-state index >= 15 is 0 Å². The number of rotatable bonds is 4. The molecule has 20 heavy (non-hydrogen) atoms. The van der Waals surface area contributed by atoms with E-state index in [4.69, 9.17) is 0 Å². The van der Waals surface area contributed by atoms with Crippen LogP contribution in [0.4, 0.5) is 0 Å². The van der Waals surface area contributed by atoms with Gasteiger partial charge in [0.25, 0.3) is 0 Å². The molecule has 0 fully saturated rings. The van der Waals surface area contributed by atoms with Gasteiger partial charge in [-0.25, -0.2) is 4.98 Å². The van der Waals surface area contributed by atoms with E-state index in [9.17, 15) is 0 Å². The molecule has 2 heterocycles. The van der Waals surface area contributed by atoms with Crippen LogP contribution in [-0.2, 0) is 13.1 Å². The minimum Gasteiger partial charge on any atom is -0.352 e. The SMILES string of the molecule is CN=C(NCc1ccc(C)s1)NCc1cnc(C)s1.I. The van der Waals surface area contributed by atoms with Crippen molar-refractivity contribution < 1.29 is 0 Å². The molecule has 110 valence electrons. The third-order valence-corrected chi connectivity index (χ3v) is 4.46. The van der Waals surface area contributed by atoms with E-state index in [1.807, 2.05) is 13.1 Å². The Bertz CT molecular complexity index is 516. The first-order chi connectivity index (χ1) is 9.17. The number of hydrogen-bond acceptors (Lipinski definition) is 4. The summed E-state index contributed by atoms with van der Waals surface area (Å²) in [6.07, 6.45) is 1.91. The lowest BCUT2D eigenvalue weighted by Crippen LogP contribution is -2.35. The molecule has 0 bridgehead atoms. The van der Waals surface area contributed by atoms with Gasteiger partial charge in [-0.1, -0.05) is 0 Å². The molecule has 2 rings (SSSR count). The molecule has 0 unspecified atom stereocenters. The number of hydrogen-bond donors (Lipinski definition) is 2. The molecular weight excluding hydrogens is 403 g/mol. The van der Waals surface area contributed by atoms with Gasteiger partial charge in [-0.15, -0.1) is 46.7 Å². The Morgan fingerprint density at radius 1 is 1.15 bits per heavy atom. The number of thiophene rings is 1. The molecule has 0 atom stereocenters. The molecule has 7 heteroatoms. The number of nitrogens with one attached hydrogen (secondary N) is 2. The molecule has 0 spiro atoms. The quantitative estimate of drug-likeness (QED) is 0.452. The van der Waals surface area contributed by atoms with Crippen LogP contribution in [0.3, 0.4) is 0 Å². The molecule has 0 saturated carbocycles. The highest BCUT2D eigenvalue weighted by Gasteiger charge is 2.02. The van der Waals surface area contributed by atoms with Crippen LogP contribution >= 0.6 is 46.7 Å². The van der Waals surface area contributed by atoms with Crippen LogP contribution in [0.25, 0.3) is 0 Å². The molecule has 0 aliphatic heterocycles. The Balaban J connectivity index is 0.00000200. The Morgan fingerprint density at radius 3 is 2.35 bits per heavy atom. The van der Waals surface area contributed by atoms with Gasteiger partial charge in [0.05, 0.1) is 18.1 Å². The van der Waals surface area contributed by atoms with Crippen molar-refractivity contribution in [2.75, 3.05) is 7.05 Å². The molecule has 2 aromatic heterocycles. The first-order valence-corrected chi connectivity index (χ1v) is 7.72. The summed E-state index contributed by atoms with van der Waals surface area (Å²) in [5.41, 5.74) is 0. The zero-order chi connectivity index (χ0) is 13.7. The zero-order valence-corrected chi connectivity index (χ0v) is 15.7. The highest BCUT2D eigenvalue weighted by Crippen LogP contribution is 2.14. The third kappa shape index (κ3) is 5.37. The summed E-state index contributed by atoms with van der Waals surface area (Å²) in [7, 11) is 1.78. The number of aromatic nitrogens is 1. The fourth-order valence-corrected chi connectivity index (χ4v) is 3.19. The number of halogens is 1. The van der Waals surface area contributed by atoms with Gasteiger partial charge in [-0.2, -0.15) is 0 Å². The van der Waals surface area contributed by atoms with Gasteiger partial charge >= 0.3 is 0 Å². The molecule has 2 N–H and O–H groups in total. The number of guanidine groups is 1. The van der Waals surface area contributed by atoms with E-state index in [0.717, 1.165) is 24.1 Å². The van der Waals surface area contributed by atoms with Crippen molar-refractivity contribution in [3.8, 4) is 0 Å². The monoisotopic (exact) mass is 422 g/mol. The average Bonchev–Trinajstić information content (AvgIpc) is 2.99. The standard InChI is InChI=1S/C13H18N4S2.HI/c1-9-4-5-11(18-9)6-16-13(14-3)17-8-12-7-15-10(2)19-12;/h4-5,7H,6,8H2,1-3H3,(H2,14,16,17);1H. The summed E-state index contributed by atoms with van der Waals surface area (Å²) in [4.78, 5) is 12.3. The van der Waals surface area contributed by atoms with Crippen molar-refractivity contribution in [1.82, 2.24) is 15.6 Å². The number of aryl methyl sites for hydroxylation is 2. The average molecular weight is 422 g/mol. The van der Waals surface area contributed by atoms with E-state index in [1.54, 1.807) is 29.7 Å². The van der Waals surface area contributed by atoms with Gasteiger partial charge in [-0.05, 0) is 26.0 Å². The Labute approximate surface area is 144 Å². The van der Waals surface area contributed by atoms with E-state index < -0.39 is 0 Å². The van der Waals surface area contributed by atoms with Crippen molar-refractivity contribution in [3.63, 3.8) is 0 Å². The molecule has 2 aromatic rings. The summed E-state index contributed by atoms with van der Waals surface area (Å²) in [5.74, 6) is 0.817. The lowest BCUT2D eigenvalue weighted by Gasteiger charge is -2.09. The molecule has 0 saturated heterocycles. The summed E-state index contributed by atoms with van der Waals surface area (Å²) >= 11 is 3.51. The van der Waals surface area contributed by atoms with Crippen LogP contribution in [0.5, 0.6) is 0 Å². The van der Waals surface area contributed by atoms with Crippen molar-refractivity contribution in [2.24, 2.45) is 4.99 Å². The van der Waals surface area contributed by atoms with Crippen LogP contribution < -0.4 is 10.6 Å². The highest BCUT2D eigenvalue weighted by molar-refractivity contribution is 14.0. The Morgan fingerprint density at radius 2 is 1.85 bits per heavy atom.